The van der Waals surface area contributed by atoms with Crippen molar-refractivity contribution >= 4 is 33.1 Å². The molecule has 0 fully saturated rings. The fourth-order valence-corrected chi connectivity index (χ4v) is 3.18. The van der Waals surface area contributed by atoms with E-state index in [2.05, 4.69) is 4.98 Å². The van der Waals surface area contributed by atoms with E-state index in [1.165, 1.54) is 12.1 Å². The van der Waals surface area contributed by atoms with E-state index in [0.717, 1.165) is 10.5 Å². The number of rotatable bonds is 6. The fourth-order valence-electron chi connectivity index (χ4n) is 1.51. The predicted molar refractivity (Wildman–Crippen MR) is 78.3 cm³/mol. The zero-order valence-electron chi connectivity index (χ0n) is 11.1. The first-order chi connectivity index (χ1) is 9.16. The lowest BCUT2D eigenvalue weighted by atomic mass is 10.3. The molecule has 0 spiro atoms. The van der Waals surface area contributed by atoms with Crippen molar-refractivity contribution in [2.75, 3.05) is 6.54 Å². The van der Waals surface area contributed by atoms with Crippen LogP contribution >= 0.6 is 12.2 Å². The van der Waals surface area contributed by atoms with Gasteiger partial charge in [0.15, 0.2) is 0 Å². The van der Waals surface area contributed by atoms with Gasteiger partial charge < -0.3 is 11.5 Å². The molecule has 9 heteroatoms. The summed E-state index contributed by atoms with van der Waals surface area (Å²) in [6, 6.07) is 2.34. The van der Waals surface area contributed by atoms with E-state index in [9.17, 15) is 13.2 Å². The SMILES string of the molecule is CC(C)N(CC(N)=O)S(=O)(=O)c1ccc(C(N)=S)nc1. The largest absolute Gasteiger partial charge is 0.388 e. The minimum atomic E-state index is -3.85. The van der Waals surface area contributed by atoms with Gasteiger partial charge in [-0.2, -0.15) is 4.31 Å². The number of primary amides is 1. The van der Waals surface area contributed by atoms with Crippen LogP contribution in [0.5, 0.6) is 0 Å². The third kappa shape index (κ3) is 3.71. The average molecular weight is 316 g/mol. The van der Waals surface area contributed by atoms with E-state index < -0.39 is 28.5 Å². The maximum Gasteiger partial charge on any atom is 0.245 e. The van der Waals surface area contributed by atoms with Gasteiger partial charge in [0.2, 0.25) is 15.9 Å². The van der Waals surface area contributed by atoms with E-state index in [1.54, 1.807) is 13.8 Å². The number of hydrogen-bond acceptors (Lipinski definition) is 5. The quantitative estimate of drug-likeness (QED) is 0.689. The highest BCUT2D eigenvalue weighted by molar-refractivity contribution is 7.89. The summed E-state index contributed by atoms with van der Waals surface area (Å²) < 4.78 is 25.8. The molecule has 1 rings (SSSR count). The van der Waals surface area contributed by atoms with Crippen molar-refractivity contribution in [2.45, 2.75) is 24.8 Å². The first kappa shape index (κ1) is 16.5. The topological polar surface area (TPSA) is 119 Å². The van der Waals surface area contributed by atoms with Gasteiger partial charge in [-0.3, -0.25) is 9.78 Å². The molecular formula is C11H16N4O3S2. The Labute approximate surface area is 123 Å². The monoisotopic (exact) mass is 316 g/mol. The number of nitrogens with zero attached hydrogens (tertiary/aromatic N) is 2. The highest BCUT2D eigenvalue weighted by atomic mass is 32.2. The lowest BCUT2D eigenvalue weighted by Crippen LogP contribution is -2.42. The van der Waals surface area contributed by atoms with Crippen molar-refractivity contribution in [3.05, 3.63) is 24.0 Å². The molecule has 4 N–H and O–H groups in total. The maximum atomic E-state index is 12.4. The summed E-state index contributed by atoms with van der Waals surface area (Å²) >= 11 is 4.74. The molecule has 0 unspecified atom stereocenters. The van der Waals surface area contributed by atoms with Gasteiger partial charge in [-0.15, -0.1) is 0 Å². The molecule has 1 heterocycles. The smallest absolute Gasteiger partial charge is 0.245 e. The highest BCUT2D eigenvalue weighted by Crippen LogP contribution is 2.17. The molecule has 0 atom stereocenters. The molecule has 1 amide bonds. The summed E-state index contributed by atoms with van der Waals surface area (Å²) in [4.78, 5) is 14.9. The van der Waals surface area contributed by atoms with Crippen molar-refractivity contribution in [3.63, 3.8) is 0 Å². The van der Waals surface area contributed by atoms with E-state index in [4.69, 9.17) is 23.7 Å². The Balaban J connectivity index is 3.19. The second kappa shape index (κ2) is 6.25. The zero-order chi connectivity index (χ0) is 15.5. The molecule has 0 saturated carbocycles. The Morgan fingerprint density at radius 2 is 2.00 bits per heavy atom. The van der Waals surface area contributed by atoms with Crippen LogP contribution in [0.3, 0.4) is 0 Å². The van der Waals surface area contributed by atoms with Crippen molar-refractivity contribution in [2.24, 2.45) is 11.5 Å². The molecule has 1 aromatic rings. The molecule has 0 bridgehead atoms. The highest BCUT2D eigenvalue weighted by Gasteiger charge is 2.28. The van der Waals surface area contributed by atoms with Gasteiger partial charge in [-0.1, -0.05) is 12.2 Å². The van der Waals surface area contributed by atoms with Crippen LogP contribution in [0.25, 0.3) is 0 Å². The zero-order valence-corrected chi connectivity index (χ0v) is 12.7. The van der Waals surface area contributed by atoms with Crippen LogP contribution in [0.1, 0.15) is 19.5 Å². The van der Waals surface area contributed by atoms with Gasteiger partial charge in [-0.05, 0) is 26.0 Å². The van der Waals surface area contributed by atoms with Gasteiger partial charge in [-0.25, -0.2) is 8.42 Å². The first-order valence-electron chi connectivity index (χ1n) is 5.72. The minimum Gasteiger partial charge on any atom is -0.388 e. The molecule has 1 aromatic heterocycles. The molecule has 0 aliphatic rings. The number of thiocarbonyl (C=S) groups is 1. The molecule has 0 aliphatic carbocycles. The molecule has 0 aromatic carbocycles. The molecule has 7 nitrogen and oxygen atoms in total. The molecule has 0 saturated heterocycles. The van der Waals surface area contributed by atoms with Gasteiger partial charge >= 0.3 is 0 Å². The second-order valence-corrected chi connectivity index (χ2v) is 6.68. The van der Waals surface area contributed by atoms with Crippen LogP contribution in [-0.2, 0) is 14.8 Å². The van der Waals surface area contributed by atoms with Gasteiger partial charge in [0.25, 0.3) is 0 Å². The second-order valence-electron chi connectivity index (χ2n) is 4.35. The lowest BCUT2D eigenvalue weighted by molar-refractivity contribution is -0.118. The Bertz CT molecular complexity index is 611. The summed E-state index contributed by atoms with van der Waals surface area (Å²) in [5.41, 5.74) is 10.8. The summed E-state index contributed by atoms with van der Waals surface area (Å²) in [5, 5.41) is 0. The first-order valence-corrected chi connectivity index (χ1v) is 7.57. The molecule has 0 aliphatic heterocycles. The standard InChI is InChI=1S/C11H16N4O3S2/c1-7(2)15(6-10(12)16)20(17,18)8-3-4-9(11(13)19)14-5-8/h3-5,7H,6H2,1-2H3,(H2,12,16)(H2,13,19). The van der Waals surface area contributed by atoms with Crippen LogP contribution in [0.2, 0.25) is 0 Å². The minimum absolute atomic E-state index is 0.0487. The molecule has 110 valence electrons. The van der Waals surface area contributed by atoms with Crippen molar-refractivity contribution in [1.82, 2.24) is 9.29 Å². The van der Waals surface area contributed by atoms with Crippen molar-refractivity contribution in [3.8, 4) is 0 Å². The summed E-state index contributed by atoms with van der Waals surface area (Å²) in [6.07, 6.45) is 1.15. The predicted octanol–water partition coefficient (Wildman–Crippen LogP) is -0.400. The van der Waals surface area contributed by atoms with Crippen molar-refractivity contribution in [1.29, 1.82) is 0 Å². The number of aromatic nitrogens is 1. The maximum absolute atomic E-state index is 12.4. The average Bonchev–Trinajstić information content (AvgIpc) is 2.35. The van der Waals surface area contributed by atoms with Crippen LogP contribution in [0.15, 0.2) is 23.2 Å². The van der Waals surface area contributed by atoms with Crippen LogP contribution in [0.4, 0.5) is 0 Å². The Kier molecular flexibility index (Phi) is 5.15. The Morgan fingerprint density at radius 1 is 1.40 bits per heavy atom. The summed E-state index contributed by atoms with van der Waals surface area (Å²) in [6.45, 7) is 2.91. The molecule has 0 radical (unpaired) electrons. The number of nitrogens with two attached hydrogens (primary N) is 2. The molecular weight excluding hydrogens is 300 g/mol. The van der Waals surface area contributed by atoms with Crippen LogP contribution in [0, 0.1) is 0 Å². The van der Waals surface area contributed by atoms with E-state index in [1.807, 2.05) is 0 Å². The summed E-state index contributed by atoms with van der Waals surface area (Å²) in [5.74, 6) is -0.727. The third-order valence-electron chi connectivity index (χ3n) is 2.48. The number of sulfonamides is 1. The van der Waals surface area contributed by atoms with Crippen LogP contribution < -0.4 is 11.5 Å². The van der Waals surface area contributed by atoms with Gasteiger partial charge in [0.1, 0.15) is 9.88 Å². The number of pyridine rings is 1. The van der Waals surface area contributed by atoms with Crippen molar-refractivity contribution < 1.29 is 13.2 Å². The van der Waals surface area contributed by atoms with Gasteiger partial charge in [0, 0.05) is 12.2 Å². The number of carbonyl (C=O) groups excluding carboxylic acids is 1. The third-order valence-corrected chi connectivity index (χ3v) is 4.70. The Morgan fingerprint density at radius 3 is 2.35 bits per heavy atom. The number of amides is 1. The lowest BCUT2D eigenvalue weighted by Gasteiger charge is -2.24. The van der Waals surface area contributed by atoms with E-state index in [0.29, 0.717) is 5.69 Å². The molecule has 20 heavy (non-hydrogen) atoms. The van der Waals surface area contributed by atoms with Crippen LogP contribution in [-0.4, -0.2) is 41.2 Å². The normalized spacial score (nSPS) is 11.8. The number of carbonyl (C=O) groups is 1. The summed E-state index contributed by atoms with van der Waals surface area (Å²) in [7, 11) is -3.85. The fraction of sp³-hybridized carbons (Fsp3) is 0.364. The van der Waals surface area contributed by atoms with E-state index in [-0.39, 0.29) is 9.88 Å². The van der Waals surface area contributed by atoms with Gasteiger partial charge in [0.05, 0.1) is 12.2 Å². The van der Waals surface area contributed by atoms with E-state index >= 15 is 0 Å². The Hall–Kier alpha value is -1.58. The number of hydrogen-bond donors (Lipinski definition) is 2.